The Morgan fingerprint density at radius 1 is 0.932 bits per heavy atom. The standard InChI is InChI=1S/C32H33ClN4O7/c33-22-10-4-8-20-15-25(35-27(20)22)31(42)37-24(14-18-11-12-18)30(41)36-23(16-21-9-5-13-34-29(21)40)26(38)17-44-32(43)28(39)19-6-2-1-3-7-19/h1-4,6-8,10,15,18,21,23-24,35H,5,9,11-14,16-17H2,(H,34,40)(H,36,41)(H,37,42)/t21-,23-,24-/m0/s1. The predicted molar refractivity (Wildman–Crippen MR) is 161 cm³/mol. The summed E-state index contributed by atoms with van der Waals surface area (Å²) in [5.41, 5.74) is 0.937. The Kier molecular flexibility index (Phi) is 9.74. The molecule has 12 heteroatoms. The summed E-state index contributed by atoms with van der Waals surface area (Å²) in [5, 5.41) is 9.44. The summed E-state index contributed by atoms with van der Waals surface area (Å²) in [5.74, 6) is -4.44. The number of amides is 3. The Balaban J connectivity index is 1.28. The van der Waals surface area contributed by atoms with Gasteiger partial charge in [0.2, 0.25) is 11.8 Å². The fraction of sp³-hybridized carbons (Fsp3) is 0.375. The molecule has 3 amide bonds. The highest BCUT2D eigenvalue weighted by Crippen LogP contribution is 2.34. The van der Waals surface area contributed by atoms with Crippen LogP contribution in [0.5, 0.6) is 0 Å². The zero-order valence-corrected chi connectivity index (χ0v) is 24.7. The van der Waals surface area contributed by atoms with Gasteiger partial charge in [0.05, 0.1) is 16.6 Å². The summed E-state index contributed by atoms with van der Waals surface area (Å²) < 4.78 is 5.02. The number of aromatic nitrogens is 1. The topological polar surface area (TPSA) is 164 Å². The molecule has 11 nitrogen and oxygen atoms in total. The summed E-state index contributed by atoms with van der Waals surface area (Å²) in [6.07, 6.45) is 3.40. The van der Waals surface area contributed by atoms with Gasteiger partial charge in [0, 0.05) is 23.4 Å². The fourth-order valence-electron chi connectivity index (χ4n) is 5.29. The highest BCUT2D eigenvalue weighted by atomic mass is 35.5. The smallest absolute Gasteiger partial charge is 0.380 e. The molecule has 0 unspecified atom stereocenters. The first kappa shape index (κ1) is 30.9. The molecule has 2 aliphatic rings. The number of ether oxygens (including phenoxy) is 1. The number of fused-ring (bicyclic) bond motifs is 1. The van der Waals surface area contributed by atoms with Crippen molar-refractivity contribution in [2.45, 2.75) is 50.6 Å². The van der Waals surface area contributed by atoms with Gasteiger partial charge in [0.1, 0.15) is 11.7 Å². The number of aromatic amines is 1. The van der Waals surface area contributed by atoms with Gasteiger partial charge < -0.3 is 25.7 Å². The Bertz CT molecular complexity index is 1580. The summed E-state index contributed by atoms with van der Waals surface area (Å²) in [6.45, 7) is -0.250. The minimum atomic E-state index is -1.21. The van der Waals surface area contributed by atoms with Crippen LogP contribution in [0.25, 0.3) is 10.9 Å². The van der Waals surface area contributed by atoms with Gasteiger partial charge in [-0.3, -0.25) is 24.0 Å². The highest BCUT2D eigenvalue weighted by Gasteiger charge is 2.35. The molecule has 2 aromatic carbocycles. The number of halogens is 1. The van der Waals surface area contributed by atoms with E-state index in [1.165, 1.54) is 12.1 Å². The average molecular weight is 621 g/mol. The number of Topliss-reactive ketones (excluding diaryl/α,β-unsaturated/α-hetero) is 2. The van der Waals surface area contributed by atoms with E-state index in [0.29, 0.717) is 36.3 Å². The monoisotopic (exact) mass is 620 g/mol. The van der Waals surface area contributed by atoms with Crippen LogP contribution in [0.3, 0.4) is 0 Å². The van der Waals surface area contributed by atoms with Crippen molar-refractivity contribution in [2.75, 3.05) is 13.2 Å². The zero-order chi connectivity index (χ0) is 31.2. The average Bonchev–Trinajstić information content (AvgIpc) is 3.74. The van der Waals surface area contributed by atoms with E-state index in [2.05, 4.69) is 20.9 Å². The van der Waals surface area contributed by atoms with Gasteiger partial charge in [-0.2, -0.15) is 0 Å². The molecule has 230 valence electrons. The number of para-hydroxylation sites is 1. The lowest BCUT2D eigenvalue weighted by atomic mass is 9.90. The van der Waals surface area contributed by atoms with Crippen LogP contribution < -0.4 is 16.0 Å². The lowest BCUT2D eigenvalue weighted by Gasteiger charge is -2.27. The first-order valence-electron chi connectivity index (χ1n) is 14.6. The maximum absolute atomic E-state index is 13.6. The van der Waals surface area contributed by atoms with E-state index in [1.807, 2.05) is 0 Å². The minimum absolute atomic E-state index is 0.0226. The molecule has 0 radical (unpaired) electrons. The van der Waals surface area contributed by atoms with Gasteiger partial charge in [-0.1, -0.05) is 66.9 Å². The molecule has 0 bridgehead atoms. The van der Waals surface area contributed by atoms with Gasteiger partial charge in [0.25, 0.3) is 11.7 Å². The molecule has 3 aromatic rings. The molecule has 1 aliphatic carbocycles. The lowest BCUT2D eigenvalue weighted by Crippen LogP contribution is -2.53. The summed E-state index contributed by atoms with van der Waals surface area (Å²) >= 11 is 6.24. The van der Waals surface area contributed by atoms with Crippen molar-refractivity contribution in [3.05, 3.63) is 70.9 Å². The van der Waals surface area contributed by atoms with Crippen LogP contribution in [0.15, 0.2) is 54.6 Å². The number of rotatable bonds is 13. The maximum atomic E-state index is 13.6. The first-order valence-corrected chi connectivity index (χ1v) is 15.0. The number of carbonyl (C=O) groups is 6. The number of carbonyl (C=O) groups excluding carboxylic acids is 6. The first-order chi connectivity index (χ1) is 21.2. The molecule has 3 atom stereocenters. The van der Waals surface area contributed by atoms with Crippen molar-refractivity contribution in [1.29, 1.82) is 0 Å². The number of ketones is 2. The third-order valence-corrected chi connectivity index (χ3v) is 8.24. The van der Waals surface area contributed by atoms with Crippen LogP contribution in [0.2, 0.25) is 5.02 Å². The molecular formula is C32H33ClN4O7. The molecule has 1 saturated carbocycles. The second-order valence-corrected chi connectivity index (χ2v) is 11.7. The maximum Gasteiger partial charge on any atom is 0.380 e. The van der Waals surface area contributed by atoms with Crippen molar-refractivity contribution < 1.29 is 33.5 Å². The van der Waals surface area contributed by atoms with Crippen molar-refractivity contribution in [3.8, 4) is 0 Å². The van der Waals surface area contributed by atoms with E-state index in [1.54, 1.807) is 42.5 Å². The van der Waals surface area contributed by atoms with Crippen molar-refractivity contribution in [3.63, 3.8) is 0 Å². The number of hydrogen-bond donors (Lipinski definition) is 4. The predicted octanol–water partition coefficient (Wildman–Crippen LogP) is 3.12. The molecule has 1 saturated heterocycles. The molecular weight excluding hydrogens is 588 g/mol. The van der Waals surface area contributed by atoms with Crippen molar-refractivity contribution >= 4 is 57.8 Å². The molecule has 44 heavy (non-hydrogen) atoms. The Morgan fingerprint density at radius 3 is 2.41 bits per heavy atom. The third kappa shape index (κ3) is 7.71. The van der Waals surface area contributed by atoms with Crippen LogP contribution in [0.1, 0.15) is 59.4 Å². The Labute approximate surface area is 258 Å². The molecule has 2 fully saturated rings. The normalized spacial score (nSPS) is 17.7. The fourth-order valence-corrected chi connectivity index (χ4v) is 5.52. The van der Waals surface area contributed by atoms with E-state index < -0.39 is 54.0 Å². The van der Waals surface area contributed by atoms with Crippen molar-refractivity contribution in [2.24, 2.45) is 11.8 Å². The SMILES string of the molecule is O=C(OCC(=O)[C@H](C[C@@H]1CCCNC1=O)NC(=O)[C@H](CC1CC1)NC(=O)c1cc2cccc(Cl)c2[nH]1)C(=O)c1ccccc1. The van der Waals surface area contributed by atoms with Crippen molar-refractivity contribution in [1.82, 2.24) is 20.9 Å². The van der Waals surface area contributed by atoms with Crippen LogP contribution in [0.4, 0.5) is 0 Å². The van der Waals surface area contributed by atoms with Crippen LogP contribution in [-0.2, 0) is 23.9 Å². The van der Waals surface area contributed by atoms with Gasteiger partial charge in [-0.05, 0) is 43.7 Å². The van der Waals surface area contributed by atoms with Gasteiger partial charge in [-0.15, -0.1) is 0 Å². The van der Waals surface area contributed by atoms with E-state index in [0.717, 1.165) is 18.2 Å². The lowest BCUT2D eigenvalue weighted by molar-refractivity contribution is -0.144. The number of esters is 1. The molecule has 5 rings (SSSR count). The van der Waals surface area contributed by atoms with E-state index in [9.17, 15) is 28.8 Å². The largest absolute Gasteiger partial charge is 0.452 e. The number of benzene rings is 2. The summed E-state index contributed by atoms with van der Waals surface area (Å²) in [7, 11) is 0. The Morgan fingerprint density at radius 2 is 1.70 bits per heavy atom. The zero-order valence-electron chi connectivity index (χ0n) is 23.9. The molecule has 1 aromatic heterocycles. The Hall–Kier alpha value is -4.51. The van der Waals surface area contributed by atoms with E-state index in [4.69, 9.17) is 16.3 Å². The van der Waals surface area contributed by atoms with Crippen LogP contribution in [0, 0.1) is 11.8 Å². The molecule has 1 aliphatic heterocycles. The summed E-state index contributed by atoms with van der Waals surface area (Å²) in [6, 6.07) is 12.5. The molecule has 2 heterocycles. The van der Waals surface area contributed by atoms with Crippen LogP contribution >= 0.6 is 11.6 Å². The van der Waals surface area contributed by atoms with E-state index in [-0.39, 0.29) is 29.5 Å². The number of piperidine rings is 1. The number of nitrogens with one attached hydrogen (secondary N) is 4. The van der Waals surface area contributed by atoms with E-state index >= 15 is 0 Å². The number of hydrogen-bond acceptors (Lipinski definition) is 7. The molecule has 0 spiro atoms. The minimum Gasteiger partial charge on any atom is -0.452 e. The van der Waals surface area contributed by atoms with Gasteiger partial charge in [-0.25, -0.2) is 4.79 Å². The van der Waals surface area contributed by atoms with Gasteiger partial charge in [0.15, 0.2) is 12.4 Å². The summed E-state index contributed by atoms with van der Waals surface area (Å²) in [4.78, 5) is 80.4. The second kappa shape index (κ2) is 13.9. The second-order valence-electron chi connectivity index (χ2n) is 11.3. The number of H-pyrrole nitrogens is 1. The quantitative estimate of drug-likeness (QED) is 0.130. The van der Waals surface area contributed by atoms with Gasteiger partial charge >= 0.3 is 5.97 Å². The van der Waals surface area contributed by atoms with Crippen LogP contribution in [-0.4, -0.2) is 65.5 Å². The molecule has 4 N–H and O–H groups in total. The highest BCUT2D eigenvalue weighted by molar-refractivity contribution is 6.40. The third-order valence-electron chi connectivity index (χ3n) is 7.93.